The summed E-state index contributed by atoms with van der Waals surface area (Å²) in [7, 11) is 0. The van der Waals surface area contributed by atoms with Crippen LogP contribution in [0.4, 0.5) is 4.39 Å². The lowest BCUT2D eigenvalue weighted by atomic mass is 10.2. The Kier molecular flexibility index (Phi) is 4.30. The van der Waals surface area contributed by atoms with Gasteiger partial charge in [0.1, 0.15) is 23.6 Å². The molecule has 1 fully saturated rings. The third-order valence-corrected chi connectivity index (χ3v) is 4.92. The van der Waals surface area contributed by atoms with Crippen molar-refractivity contribution < 1.29 is 9.50 Å². The number of rotatable bonds is 5. The highest BCUT2D eigenvalue weighted by atomic mass is 19.1. The summed E-state index contributed by atoms with van der Waals surface area (Å²) in [5.74, 6) is 0.432. The molecule has 1 aliphatic rings. The predicted molar refractivity (Wildman–Crippen MR) is 93.0 cm³/mol. The average Bonchev–Trinajstić information content (AvgIpc) is 3.30. The van der Waals surface area contributed by atoms with Gasteiger partial charge in [-0.15, -0.1) is 0 Å². The van der Waals surface area contributed by atoms with Crippen molar-refractivity contribution in [3.8, 4) is 6.07 Å². The van der Waals surface area contributed by atoms with Gasteiger partial charge in [-0.2, -0.15) is 10.4 Å². The molecule has 0 radical (unpaired) electrons. The molecule has 1 aliphatic heterocycles. The van der Waals surface area contributed by atoms with Crippen LogP contribution in [0.3, 0.4) is 0 Å². The minimum Gasteiger partial charge on any atom is -0.385 e. The van der Waals surface area contributed by atoms with Gasteiger partial charge in [0.2, 0.25) is 0 Å². The summed E-state index contributed by atoms with van der Waals surface area (Å²) in [5.41, 5.74) is 1.96. The molecule has 0 amide bonds. The summed E-state index contributed by atoms with van der Waals surface area (Å²) in [6.07, 6.45) is 2.55. The number of hydrogen-bond acceptors (Lipinski definition) is 6. The molecule has 3 aromatic rings. The number of hydrogen-bond donors (Lipinski definition) is 2. The van der Waals surface area contributed by atoms with Gasteiger partial charge in [0.25, 0.3) is 0 Å². The molecule has 4 heterocycles. The molecular formula is C17H20FN7O. The SMILES string of the molecule is C[C@@H](O)c1nc2cnc3[nH]ncc3c2n1[C@@H]1CN(CCCC#N)CC1F. The number of nitrogens with one attached hydrogen (secondary N) is 1. The first-order chi connectivity index (χ1) is 12.6. The van der Waals surface area contributed by atoms with E-state index in [1.54, 1.807) is 19.3 Å². The Hall–Kier alpha value is -2.57. The molecule has 0 aromatic carbocycles. The van der Waals surface area contributed by atoms with E-state index in [1.807, 2.05) is 9.47 Å². The minimum absolute atomic E-state index is 0.314. The van der Waals surface area contributed by atoms with Crippen LogP contribution < -0.4 is 0 Å². The van der Waals surface area contributed by atoms with E-state index >= 15 is 0 Å². The predicted octanol–water partition coefficient (Wildman–Crippen LogP) is 1.86. The van der Waals surface area contributed by atoms with Crippen molar-refractivity contribution >= 4 is 22.1 Å². The van der Waals surface area contributed by atoms with E-state index in [1.165, 1.54) is 0 Å². The smallest absolute Gasteiger partial charge is 0.157 e. The molecule has 2 N–H and O–H groups in total. The monoisotopic (exact) mass is 357 g/mol. The van der Waals surface area contributed by atoms with Crippen LogP contribution in [-0.2, 0) is 0 Å². The topological polar surface area (TPSA) is 107 Å². The summed E-state index contributed by atoms with van der Waals surface area (Å²) >= 11 is 0. The number of H-pyrrole nitrogens is 1. The first kappa shape index (κ1) is 16.9. The number of fused-ring (bicyclic) bond motifs is 3. The average molecular weight is 357 g/mol. The summed E-state index contributed by atoms with van der Waals surface area (Å²) in [4.78, 5) is 10.8. The van der Waals surface area contributed by atoms with Crippen LogP contribution in [0.15, 0.2) is 12.4 Å². The molecule has 26 heavy (non-hydrogen) atoms. The molecule has 8 nitrogen and oxygen atoms in total. The number of nitrogens with zero attached hydrogens (tertiary/aromatic N) is 6. The van der Waals surface area contributed by atoms with Gasteiger partial charge in [-0.25, -0.2) is 14.4 Å². The van der Waals surface area contributed by atoms with E-state index in [0.29, 0.717) is 43.0 Å². The molecular weight excluding hydrogens is 337 g/mol. The molecule has 136 valence electrons. The van der Waals surface area contributed by atoms with Gasteiger partial charge in [0.05, 0.1) is 35.4 Å². The molecule has 9 heteroatoms. The number of aromatic amines is 1. The fourth-order valence-corrected chi connectivity index (χ4v) is 3.76. The summed E-state index contributed by atoms with van der Waals surface area (Å²) in [6.45, 7) is 3.14. The van der Waals surface area contributed by atoms with E-state index in [9.17, 15) is 9.50 Å². The van der Waals surface area contributed by atoms with Gasteiger partial charge in [0, 0.05) is 19.5 Å². The second kappa shape index (κ2) is 6.63. The van der Waals surface area contributed by atoms with Crippen LogP contribution in [0.25, 0.3) is 22.1 Å². The highest BCUT2D eigenvalue weighted by Gasteiger charge is 2.37. The Balaban J connectivity index is 1.78. The lowest BCUT2D eigenvalue weighted by molar-refractivity contribution is 0.176. The number of aliphatic hydroxyl groups excluding tert-OH is 1. The zero-order valence-electron chi connectivity index (χ0n) is 14.4. The normalized spacial score (nSPS) is 22.2. The number of imidazole rings is 1. The molecule has 3 aromatic heterocycles. The first-order valence-electron chi connectivity index (χ1n) is 8.71. The molecule has 4 rings (SSSR count). The van der Waals surface area contributed by atoms with Crippen LogP contribution in [-0.4, -0.2) is 60.5 Å². The Morgan fingerprint density at radius 3 is 3.08 bits per heavy atom. The number of halogens is 1. The fourth-order valence-electron chi connectivity index (χ4n) is 3.76. The molecule has 0 saturated carbocycles. The maximum absolute atomic E-state index is 14.9. The number of aliphatic hydroxyl groups is 1. The van der Waals surface area contributed by atoms with Crippen molar-refractivity contribution in [3.63, 3.8) is 0 Å². The van der Waals surface area contributed by atoms with Crippen LogP contribution in [0.5, 0.6) is 0 Å². The van der Waals surface area contributed by atoms with Crippen molar-refractivity contribution in [2.75, 3.05) is 19.6 Å². The van der Waals surface area contributed by atoms with Gasteiger partial charge < -0.3 is 9.67 Å². The molecule has 3 atom stereocenters. The Morgan fingerprint density at radius 1 is 1.46 bits per heavy atom. The molecule has 0 aliphatic carbocycles. The van der Waals surface area contributed by atoms with E-state index in [0.717, 1.165) is 17.3 Å². The van der Waals surface area contributed by atoms with Crippen LogP contribution >= 0.6 is 0 Å². The largest absolute Gasteiger partial charge is 0.385 e. The number of likely N-dealkylation sites (tertiary alicyclic amines) is 1. The van der Waals surface area contributed by atoms with Gasteiger partial charge in [-0.3, -0.25) is 10.00 Å². The van der Waals surface area contributed by atoms with Gasteiger partial charge in [-0.1, -0.05) is 0 Å². The van der Waals surface area contributed by atoms with Crippen molar-refractivity contribution in [1.82, 2.24) is 29.6 Å². The third-order valence-electron chi connectivity index (χ3n) is 4.92. The van der Waals surface area contributed by atoms with E-state index in [2.05, 4.69) is 26.2 Å². The lowest BCUT2D eigenvalue weighted by Crippen LogP contribution is -2.23. The number of pyridine rings is 1. The van der Waals surface area contributed by atoms with Crippen LogP contribution in [0.1, 0.15) is 37.7 Å². The lowest BCUT2D eigenvalue weighted by Gasteiger charge is -2.20. The number of nitriles is 1. The third kappa shape index (κ3) is 2.71. The molecule has 1 saturated heterocycles. The van der Waals surface area contributed by atoms with Gasteiger partial charge >= 0.3 is 0 Å². The molecule has 1 unspecified atom stereocenters. The second-order valence-electron chi connectivity index (χ2n) is 6.74. The van der Waals surface area contributed by atoms with Crippen molar-refractivity contribution in [2.24, 2.45) is 0 Å². The zero-order valence-corrected chi connectivity index (χ0v) is 14.4. The second-order valence-corrected chi connectivity index (χ2v) is 6.74. The maximum atomic E-state index is 14.9. The van der Waals surface area contributed by atoms with Crippen molar-refractivity contribution in [3.05, 3.63) is 18.2 Å². The first-order valence-corrected chi connectivity index (χ1v) is 8.71. The van der Waals surface area contributed by atoms with E-state index < -0.39 is 18.3 Å². The molecule has 0 spiro atoms. The zero-order chi connectivity index (χ0) is 18.3. The van der Waals surface area contributed by atoms with Crippen molar-refractivity contribution in [2.45, 2.75) is 38.1 Å². The quantitative estimate of drug-likeness (QED) is 0.675. The Bertz CT molecular complexity index is 973. The summed E-state index contributed by atoms with van der Waals surface area (Å²) in [5, 5.41) is 26.5. The highest BCUT2D eigenvalue weighted by Crippen LogP contribution is 2.34. The number of alkyl halides is 1. The van der Waals surface area contributed by atoms with Gasteiger partial charge in [-0.05, 0) is 19.9 Å². The van der Waals surface area contributed by atoms with Gasteiger partial charge in [0.15, 0.2) is 5.65 Å². The van der Waals surface area contributed by atoms with E-state index in [-0.39, 0.29) is 0 Å². The fraction of sp³-hybridized carbons (Fsp3) is 0.529. The Labute approximate surface area is 149 Å². The Morgan fingerprint density at radius 2 is 2.31 bits per heavy atom. The van der Waals surface area contributed by atoms with E-state index in [4.69, 9.17) is 5.26 Å². The van der Waals surface area contributed by atoms with Crippen LogP contribution in [0.2, 0.25) is 0 Å². The highest BCUT2D eigenvalue weighted by molar-refractivity contribution is 6.00. The minimum atomic E-state index is -1.08. The number of unbranched alkanes of at least 4 members (excludes halogenated alkanes) is 1. The maximum Gasteiger partial charge on any atom is 0.157 e. The summed E-state index contributed by atoms with van der Waals surface area (Å²) < 4.78 is 16.7. The van der Waals surface area contributed by atoms with Crippen LogP contribution in [0, 0.1) is 11.3 Å². The summed E-state index contributed by atoms with van der Waals surface area (Å²) in [6, 6.07) is 1.67. The number of aromatic nitrogens is 5. The standard InChI is InChI=1S/C17H20FN7O/c1-10(26)17-22-13-7-20-16-11(6-21-23-16)15(13)25(17)14-9-24(8-12(14)18)5-3-2-4-19/h6-7,10,12,14,26H,2-3,5,8-9H2,1H3,(H,20,21,23)/t10-,12?,14-/m1/s1. The molecule has 0 bridgehead atoms. The van der Waals surface area contributed by atoms with Crippen molar-refractivity contribution in [1.29, 1.82) is 5.26 Å².